The molecule has 1 heterocycles. The van der Waals surface area contributed by atoms with Gasteiger partial charge >= 0.3 is 21.1 Å². The summed E-state index contributed by atoms with van der Waals surface area (Å²) in [5.41, 5.74) is 1.04. The van der Waals surface area contributed by atoms with Gasteiger partial charge in [0, 0.05) is 16.1 Å². The first-order valence-corrected chi connectivity index (χ1v) is 4.70. The van der Waals surface area contributed by atoms with Crippen LogP contribution in [0.15, 0.2) is 41.0 Å². The third-order valence-electron chi connectivity index (χ3n) is 1.57. The molecule has 4 N–H and O–H groups in total. The molecular weight excluding hydrogens is 523 g/mol. The molecule has 0 bridgehead atoms. The van der Waals surface area contributed by atoms with Crippen molar-refractivity contribution in [2.45, 2.75) is 0 Å². The predicted octanol–water partition coefficient (Wildman–Crippen LogP) is 1.19. The molecule has 0 spiro atoms. The number of benzene rings is 1. The summed E-state index contributed by atoms with van der Waals surface area (Å²) in [4.78, 5) is 12.5. The average molecular weight is 533 g/mol. The molecule has 19 heavy (non-hydrogen) atoms. The van der Waals surface area contributed by atoms with Crippen LogP contribution in [0.3, 0.4) is 0 Å². The van der Waals surface area contributed by atoms with E-state index in [-0.39, 0.29) is 45.8 Å². The quantitative estimate of drug-likeness (QED) is 0.370. The third kappa shape index (κ3) is 10.8. The van der Waals surface area contributed by atoms with E-state index in [0.29, 0.717) is 0 Å². The Labute approximate surface area is 138 Å². The minimum absolute atomic E-state index is 0. The van der Waals surface area contributed by atoms with Crippen LogP contribution in [0, 0.1) is 15.3 Å². The molecule has 7 nitrogen and oxygen atoms in total. The van der Waals surface area contributed by atoms with Crippen LogP contribution in [0.4, 0.5) is 0 Å². The molecule has 0 atom stereocenters. The van der Waals surface area contributed by atoms with Gasteiger partial charge in [-0.3, -0.25) is 4.98 Å². The molecular formula is C9H10BrClN4O3Pt. The van der Waals surface area contributed by atoms with Crippen molar-refractivity contribution in [3.8, 4) is 0 Å². The molecule has 108 valence electrons. The van der Waals surface area contributed by atoms with Crippen LogP contribution >= 0.6 is 15.9 Å². The fraction of sp³-hybridized carbons (Fsp3) is 0. The Morgan fingerprint density at radius 2 is 1.68 bits per heavy atom. The minimum atomic E-state index is -1.75. The van der Waals surface area contributed by atoms with E-state index in [1.807, 2.05) is 24.3 Å². The number of nitrogens with zero attached hydrogens (tertiary/aromatic N) is 2. The van der Waals surface area contributed by atoms with Gasteiger partial charge in [0.15, 0.2) is 0 Å². The van der Waals surface area contributed by atoms with Crippen molar-refractivity contribution < 1.29 is 38.6 Å². The van der Waals surface area contributed by atoms with E-state index in [9.17, 15) is 0 Å². The van der Waals surface area contributed by atoms with E-state index in [0.717, 1.165) is 9.99 Å². The van der Waals surface area contributed by atoms with E-state index in [1.165, 1.54) is 5.39 Å². The topological polar surface area (TPSA) is 146 Å². The number of rotatable bonds is 0. The van der Waals surface area contributed by atoms with Crippen LogP contribution in [0.25, 0.3) is 23.2 Å². The largest absolute Gasteiger partial charge is 4.00 e. The summed E-state index contributed by atoms with van der Waals surface area (Å²) < 4.78 is 1.10. The first kappa shape index (κ1) is 26.7. The molecule has 2 rings (SSSR count). The molecule has 0 unspecified atom stereocenters. The maximum Gasteiger partial charge on any atom is 4.00 e. The Balaban J connectivity index is -0.000000127. The average Bonchev–Trinajstić information content (AvgIpc) is 2.16. The Bertz CT molecular complexity index is 488. The van der Waals surface area contributed by atoms with Crippen molar-refractivity contribution in [3.63, 3.8) is 0 Å². The molecule has 0 saturated carbocycles. The van der Waals surface area contributed by atoms with E-state index in [1.54, 1.807) is 6.20 Å². The van der Waals surface area contributed by atoms with Crippen molar-refractivity contribution in [2.75, 3.05) is 0 Å². The Morgan fingerprint density at radius 3 is 2.21 bits per heavy atom. The summed E-state index contributed by atoms with van der Waals surface area (Å²) in [6.45, 7) is 0. The van der Waals surface area contributed by atoms with Crippen molar-refractivity contribution in [2.24, 2.45) is 0 Å². The summed E-state index contributed by atoms with van der Waals surface area (Å²) in [5, 5.41) is 15.9. The number of aromatic nitrogens is 1. The van der Waals surface area contributed by atoms with Gasteiger partial charge in [-0.15, -0.1) is 0 Å². The van der Waals surface area contributed by atoms with Gasteiger partial charge in [0.2, 0.25) is 0 Å². The predicted molar refractivity (Wildman–Crippen MR) is 70.4 cm³/mol. The number of hydrogen-bond donors (Lipinski definition) is 0. The van der Waals surface area contributed by atoms with Crippen LogP contribution < -0.4 is 12.4 Å². The Morgan fingerprint density at radius 1 is 1.16 bits per heavy atom. The van der Waals surface area contributed by atoms with Gasteiger partial charge in [0.1, 0.15) is 0 Å². The van der Waals surface area contributed by atoms with Crippen molar-refractivity contribution >= 4 is 26.8 Å². The maximum atomic E-state index is 8.25. The molecule has 0 amide bonds. The second kappa shape index (κ2) is 13.6. The van der Waals surface area contributed by atoms with E-state index in [4.69, 9.17) is 15.3 Å². The maximum absolute atomic E-state index is 8.25. The smallest absolute Gasteiger partial charge is 1.00 e. The summed E-state index contributed by atoms with van der Waals surface area (Å²) in [6.07, 6.45) is 1.80. The molecule has 1 aromatic carbocycles. The van der Waals surface area contributed by atoms with Gasteiger partial charge in [0.25, 0.3) is 0 Å². The normalized spacial score (nSPS) is 7.21. The number of fused-ring (bicyclic) bond motifs is 1. The molecule has 1 aromatic heterocycles. The summed E-state index contributed by atoms with van der Waals surface area (Å²) in [5.74, 6) is 0. The SMILES string of the molecule is Brc1ccc2ncccc2c1.O=[N+]([O-])[O-].[Cl-].[NH2-].[NH2-].[Pt+4]. The van der Waals surface area contributed by atoms with Gasteiger partial charge in [-0.1, -0.05) is 22.0 Å². The zero-order valence-electron chi connectivity index (χ0n) is 9.31. The Hall–Kier alpha value is -0.792. The Kier molecular flexibility index (Phi) is 19.2. The number of hydrogen-bond acceptors (Lipinski definition) is 4. The van der Waals surface area contributed by atoms with Gasteiger partial charge in [-0.05, 0) is 24.3 Å². The summed E-state index contributed by atoms with van der Waals surface area (Å²) in [6, 6.07) is 10.0. The zero-order chi connectivity index (χ0) is 11.3. The standard InChI is InChI=1S/C9H6BrN.ClH.NO3.2H2N.Pt/c10-8-3-4-9-7(6-8)2-1-5-11-9;;2-1(3)4;;;/h1-6H;1H;;2*1H2;/q;;3*-1;+4/p-1. The van der Waals surface area contributed by atoms with E-state index < -0.39 is 5.09 Å². The molecule has 0 radical (unpaired) electrons. The fourth-order valence-corrected chi connectivity index (χ4v) is 1.43. The van der Waals surface area contributed by atoms with Crippen molar-refractivity contribution in [3.05, 3.63) is 68.6 Å². The van der Waals surface area contributed by atoms with Crippen LogP contribution in [0.1, 0.15) is 0 Å². The van der Waals surface area contributed by atoms with Crippen molar-refractivity contribution in [1.82, 2.24) is 4.98 Å². The second-order valence-electron chi connectivity index (χ2n) is 2.56. The first-order valence-electron chi connectivity index (χ1n) is 3.91. The van der Waals surface area contributed by atoms with Gasteiger partial charge in [0.05, 0.1) is 10.6 Å². The van der Waals surface area contributed by atoms with Crippen molar-refractivity contribution in [1.29, 1.82) is 0 Å². The van der Waals surface area contributed by atoms with E-state index >= 15 is 0 Å². The molecule has 0 aliphatic heterocycles. The third-order valence-corrected chi connectivity index (χ3v) is 2.06. The molecule has 0 aliphatic rings. The fourth-order valence-electron chi connectivity index (χ4n) is 1.05. The minimum Gasteiger partial charge on any atom is -1.00 e. The molecule has 0 fully saturated rings. The summed E-state index contributed by atoms with van der Waals surface area (Å²) >= 11 is 3.40. The van der Waals surface area contributed by atoms with Crippen LogP contribution in [-0.2, 0) is 21.1 Å². The van der Waals surface area contributed by atoms with Crippen LogP contribution in [0.2, 0.25) is 0 Å². The number of halogens is 2. The second-order valence-corrected chi connectivity index (χ2v) is 3.48. The zero-order valence-corrected chi connectivity index (χ0v) is 13.9. The van der Waals surface area contributed by atoms with Gasteiger partial charge in [-0.25, -0.2) is 0 Å². The first-order chi connectivity index (χ1) is 7.09. The molecule has 2 aromatic rings. The van der Waals surface area contributed by atoms with Crippen LogP contribution in [0.5, 0.6) is 0 Å². The number of nitrogens with two attached hydrogens (primary N) is 2. The number of pyridine rings is 1. The molecule has 0 saturated heterocycles. The van der Waals surface area contributed by atoms with Crippen LogP contribution in [-0.4, -0.2) is 10.1 Å². The monoisotopic (exact) mass is 531 g/mol. The van der Waals surface area contributed by atoms with Gasteiger partial charge < -0.3 is 40.0 Å². The molecule has 0 aliphatic carbocycles. The van der Waals surface area contributed by atoms with E-state index in [2.05, 4.69) is 27.0 Å². The molecule has 10 heteroatoms. The van der Waals surface area contributed by atoms with Gasteiger partial charge in [-0.2, -0.15) is 0 Å². The summed E-state index contributed by atoms with van der Waals surface area (Å²) in [7, 11) is 0.